The molecular formula is C13H21ClN4O2. The van der Waals surface area contributed by atoms with Crippen molar-refractivity contribution in [3.05, 3.63) is 21.6 Å². The summed E-state index contributed by atoms with van der Waals surface area (Å²) < 4.78 is 1.35. The lowest BCUT2D eigenvalue weighted by Gasteiger charge is -2.14. The van der Waals surface area contributed by atoms with E-state index in [4.69, 9.17) is 11.6 Å². The molecule has 0 aliphatic heterocycles. The van der Waals surface area contributed by atoms with E-state index in [0.717, 1.165) is 19.4 Å². The fourth-order valence-electron chi connectivity index (χ4n) is 1.90. The van der Waals surface area contributed by atoms with Crippen LogP contribution in [-0.2, 0) is 6.54 Å². The number of nitrogens with zero attached hydrogens (tertiary/aromatic N) is 3. The van der Waals surface area contributed by atoms with E-state index in [1.807, 2.05) is 19.0 Å². The Morgan fingerprint density at radius 1 is 1.60 bits per heavy atom. The minimum Gasteiger partial charge on any atom is -0.391 e. The summed E-state index contributed by atoms with van der Waals surface area (Å²) in [6, 6.07) is 0. The van der Waals surface area contributed by atoms with Crippen molar-refractivity contribution < 1.29 is 5.11 Å². The lowest BCUT2D eigenvalue weighted by molar-refractivity contribution is 0.164. The Morgan fingerprint density at radius 3 is 2.90 bits per heavy atom. The van der Waals surface area contributed by atoms with E-state index < -0.39 is 0 Å². The molecule has 0 radical (unpaired) electrons. The predicted octanol–water partition coefficient (Wildman–Crippen LogP) is 0.641. The molecule has 6 nitrogen and oxygen atoms in total. The second-order valence-electron chi connectivity index (χ2n) is 5.49. The van der Waals surface area contributed by atoms with Crippen LogP contribution in [0.15, 0.2) is 11.0 Å². The lowest BCUT2D eigenvalue weighted by Crippen LogP contribution is -2.30. The maximum atomic E-state index is 12.0. The van der Waals surface area contributed by atoms with E-state index in [9.17, 15) is 9.90 Å². The zero-order chi connectivity index (χ0) is 14.7. The number of nitrogens with one attached hydrogen (secondary N) is 1. The molecule has 1 atom stereocenters. The highest BCUT2D eigenvalue weighted by Crippen LogP contribution is 2.32. The predicted molar refractivity (Wildman–Crippen MR) is 79.3 cm³/mol. The summed E-state index contributed by atoms with van der Waals surface area (Å²) in [6.45, 7) is 1.61. The average molecular weight is 301 g/mol. The second-order valence-corrected chi connectivity index (χ2v) is 5.87. The third-order valence-electron chi connectivity index (χ3n) is 3.41. The van der Waals surface area contributed by atoms with Crippen LogP contribution >= 0.6 is 11.6 Å². The quantitative estimate of drug-likeness (QED) is 0.773. The first-order valence-corrected chi connectivity index (χ1v) is 7.19. The summed E-state index contributed by atoms with van der Waals surface area (Å²) in [4.78, 5) is 14.0. The number of hydrogen-bond donors (Lipinski definition) is 2. The standard InChI is InChI=1S/C13H21ClN4O2/c1-17(2)5-6-18-13(20)12(14)10(7-16-18)15-8-11(19)9-3-4-9/h7,9,11,15,19H,3-6,8H2,1-2H3. The molecule has 1 unspecified atom stereocenters. The van der Waals surface area contributed by atoms with Crippen LogP contribution in [0.1, 0.15) is 12.8 Å². The first-order valence-electron chi connectivity index (χ1n) is 6.81. The van der Waals surface area contributed by atoms with Gasteiger partial charge in [0.1, 0.15) is 5.02 Å². The molecule has 2 N–H and O–H groups in total. The van der Waals surface area contributed by atoms with Crippen molar-refractivity contribution in [3.8, 4) is 0 Å². The molecule has 1 aromatic heterocycles. The number of aliphatic hydroxyl groups excluding tert-OH is 1. The van der Waals surface area contributed by atoms with Crippen LogP contribution in [0.3, 0.4) is 0 Å². The van der Waals surface area contributed by atoms with Gasteiger partial charge >= 0.3 is 0 Å². The first kappa shape index (κ1) is 15.3. The van der Waals surface area contributed by atoms with Gasteiger partial charge in [-0.15, -0.1) is 0 Å². The van der Waals surface area contributed by atoms with E-state index in [1.54, 1.807) is 6.20 Å². The molecule has 1 heterocycles. The molecule has 1 saturated carbocycles. The molecule has 2 rings (SSSR count). The van der Waals surface area contributed by atoms with Gasteiger partial charge in [0, 0.05) is 13.1 Å². The van der Waals surface area contributed by atoms with Crippen molar-refractivity contribution in [3.63, 3.8) is 0 Å². The molecule has 1 aromatic rings. The van der Waals surface area contributed by atoms with Gasteiger partial charge in [-0.05, 0) is 32.9 Å². The highest BCUT2D eigenvalue weighted by molar-refractivity contribution is 6.32. The van der Waals surface area contributed by atoms with Gasteiger partial charge in [0.05, 0.1) is 24.5 Å². The summed E-state index contributed by atoms with van der Waals surface area (Å²) in [7, 11) is 3.86. The van der Waals surface area contributed by atoms with E-state index in [1.165, 1.54) is 4.68 Å². The molecule has 1 aliphatic rings. The zero-order valence-corrected chi connectivity index (χ0v) is 12.6. The van der Waals surface area contributed by atoms with E-state index in [-0.39, 0.29) is 16.7 Å². The summed E-state index contributed by atoms with van der Waals surface area (Å²) in [5.41, 5.74) is 0.178. The average Bonchev–Trinajstić information content (AvgIpc) is 3.23. The molecule has 20 heavy (non-hydrogen) atoms. The van der Waals surface area contributed by atoms with Gasteiger partial charge in [-0.2, -0.15) is 5.10 Å². The Hall–Kier alpha value is -1.11. The fourth-order valence-corrected chi connectivity index (χ4v) is 2.12. The highest BCUT2D eigenvalue weighted by atomic mass is 35.5. The maximum absolute atomic E-state index is 12.0. The van der Waals surface area contributed by atoms with Crippen molar-refractivity contribution in [2.24, 2.45) is 5.92 Å². The van der Waals surface area contributed by atoms with Crippen molar-refractivity contribution in [2.75, 3.05) is 32.5 Å². The van der Waals surface area contributed by atoms with Crippen molar-refractivity contribution >= 4 is 17.3 Å². The Bertz CT molecular complexity index is 514. The largest absolute Gasteiger partial charge is 0.391 e. The summed E-state index contributed by atoms with van der Waals surface area (Å²) in [6.07, 6.45) is 3.29. The molecule has 1 aliphatic carbocycles. The summed E-state index contributed by atoms with van der Waals surface area (Å²) >= 11 is 6.06. The van der Waals surface area contributed by atoms with Gasteiger partial charge in [-0.25, -0.2) is 4.68 Å². The van der Waals surface area contributed by atoms with Crippen molar-refractivity contribution in [2.45, 2.75) is 25.5 Å². The number of aliphatic hydroxyl groups is 1. The smallest absolute Gasteiger partial charge is 0.287 e. The highest BCUT2D eigenvalue weighted by Gasteiger charge is 2.29. The van der Waals surface area contributed by atoms with Gasteiger partial charge in [-0.3, -0.25) is 4.79 Å². The SMILES string of the molecule is CN(C)CCn1ncc(NCC(O)C2CC2)c(Cl)c1=O. The van der Waals surface area contributed by atoms with Crippen LogP contribution in [0.5, 0.6) is 0 Å². The van der Waals surface area contributed by atoms with Crippen molar-refractivity contribution in [1.82, 2.24) is 14.7 Å². The monoisotopic (exact) mass is 300 g/mol. The number of halogens is 1. The van der Waals surface area contributed by atoms with E-state index >= 15 is 0 Å². The molecule has 1 fully saturated rings. The third-order valence-corrected chi connectivity index (χ3v) is 3.78. The number of hydrogen-bond acceptors (Lipinski definition) is 5. The number of rotatable bonds is 7. The minimum atomic E-state index is -0.387. The van der Waals surface area contributed by atoms with E-state index in [2.05, 4.69) is 10.4 Å². The van der Waals surface area contributed by atoms with Crippen LogP contribution in [-0.4, -0.2) is 53.1 Å². The fraction of sp³-hybridized carbons (Fsp3) is 0.692. The summed E-state index contributed by atoms with van der Waals surface area (Å²) in [5, 5.41) is 17.0. The maximum Gasteiger partial charge on any atom is 0.287 e. The molecule has 0 bridgehead atoms. The first-order chi connectivity index (χ1) is 9.49. The zero-order valence-electron chi connectivity index (χ0n) is 11.8. The topological polar surface area (TPSA) is 70.4 Å². The normalized spacial score (nSPS) is 16.4. The second kappa shape index (κ2) is 6.56. The minimum absolute atomic E-state index is 0.127. The molecule has 7 heteroatoms. The molecule has 0 amide bonds. The Labute approximate surface area is 123 Å². The van der Waals surface area contributed by atoms with Crippen LogP contribution in [0.25, 0.3) is 0 Å². The van der Waals surface area contributed by atoms with Crippen LogP contribution < -0.4 is 10.9 Å². The molecule has 0 spiro atoms. The Kier molecular flexibility index (Phi) is 5.01. The molecule has 0 saturated heterocycles. The Balaban J connectivity index is 1.99. The van der Waals surface area contributed by atoms with Gasteiger partial charge in [-0.1, -0.05) is 11.6 Å². The number of aromatic nitrogens is 2. The third kappa shape index (κ3) is 3.94. The van der Waals surface area contributed by atoms with Gasteiger partial charge in [0.15, 0.2) is 0 Å². The summed E-state index contributed by atoms with van der Waals surface area (Å²) in [5.74, 6) is 0.384. The van der Waals surface area contributed by atoms with Crippen LogP contribution in [0.2, 0.25) is 5.02 Å². The molecular weight excluding hydrogens is 280 g/mol. The van der Waals surface area contributed by atoms with Crippen LogP contribution in [0, 0.1) is 5.92 Å². The van der Waals surface area contributed by atoms with Gasteiger partial charge in [0.25, 0.3) is 5.56 Å². The van der Waals surface area contributed by atoms with Crippen LogP contribution in [0.4, 0.5) is 5.69 Å². The number of anilines is 1. The molecule has 0 aromatic carbocycles. The molecule has 112 valence electrons. The van der Waals surface area contributed by atoms with Gasteiger partial charge in [0.2, 0.25) is 0 Å². The van der Waals surface area contributed by atoms with Gasteiger partial charge < -0.3 is 15.3 Å². The van der Waals surface area contributed by atoms with Crippen molar-refractivity contribution in [1.29, 1.82) is 0 Å². The van der Waals surface area contributed by atoms with E-state index in [0.29, 0.717) is 24.7 Å². The Morgan fingerprint density at radius 2 is 2.30 bits per heavy atom. The lowest BCUT2D eigenvalue weighted by atomic mass is 10.2. The number of likely N-dealkylation sites (N-methyl/N-ethyl adjacent to an activating group) is 1.